The topological polar surface area (TPSA) is 32.8 Å². The Labute approximate surface area is 159 Å². The van der Waals surface area contributed by atoms with Crippen LogP contribution in [0, 0.1) is 11.8 Å². The van der Waals surface area contributed by atoms with Gasteiger partial charge in [-0.05, 0) is 49.3 Å². The molecule has 1 aliphatic heterocycles. The van der Waals surface area contributed by atoms with Gasteiger partial charge in [-0.15, -0.1) is 0 Å². The molecule has 0 atom stereocenters. The molecular formula is C22H36N2O2. The smallest absolute Gasteiger partial charge is 0.222 e. The SMILES string of the molecule is COCCN(C)Cc1ccc(CC2CCN(C(=O)CC(C)C)CC2)cc1. The lowest BCUT2D eigenvalue weighted by atomic mass is 9.89. The Morgan fingerprint density at radius 1 is 1.19 bits per heavy atom. The van der Waals surface area contributed by atoms with Gasteiger partial charge in [0, 0.05) is 39.7 Å². The van der Waals surface area contributed by atoms with Gasteiger partial charge in [0.25, 0.3) is 0 Å². The first-order valence-electron chi connectivity index (χ1n) is 10.0. The third kappa shape index (κ3) is 7.08. The Morgan fingerprint density at radius 2 is 1.81 bits per heavy atom. The molecule has 0 spiro atoms. The average molecular weight is 361 g/mol. The van der Waals surface area contributed by atoms with Crippen LogP contribution in [0.1, 0.15) is 44.2 Å². The van der Waals surface area contributed by atoms with Gasteiger partial charge >= 0.3 is 0 Å². The minimum Gasteiger partial charge on any atom is -0.383 e. The van der Waals surface area contributed by atoms with Crippen LogP contribution in [0.4, 0.5) is 0 Å². The minimum atomic E-state index is 0.334. The van der Waals surface area contributed by atoms with E-state index in [1.165, 1.54) is 11.1 Å². The third-order valence-corrected chi connectivity index (χ3v) is 5.23. The number of hydrogen-bond acceptors (Lipinski definition) is 3. The number of methoxy groups -OCH3 is 1. The summed E-state index contributed by atoms with van der Waals surface area (Å²) in [7, 11) is 3.87. The largest absolute Gasteiger partial charge is 0.383 e. The fourth-order valence-electron chi connectivity index (χ4n) is 3.62. The maximum Gasteiger partial charge on any atom is 0.222 e. The second kappa shape index (κ2) is 10.7. The molecule has 1 aromatic carbocycles. The van der Waals surface area contributed by atoms with Crippen LogP contribution in [0.2, 0.25) is 0 Å². The van der Waals surface area contributed by atoms with Crippen molar-refractivity contribution in [3.05, 3.63) is 35.4 Å². The van der Waals surface area contributed by atoms with Crippen molar-refractivity contribution in [2.75, 3.05) is 40.4 Å². The molecule has 0 bridgehead atoms. The summed E-state index contributed by atoms with van der Waals surface area (Å²) in [4.78, 5) is 16.5. The molecular weight excluding hydrogens is 324 g/mol. The number of carbonyl (C=O) groups excluding carboxylic acids is 1. The van der Waals surface area contributed by atoms with Gasteiger partial charge in [-0.3, -0.25) is 9.69 Å². The Morgan fingerprint density at radius 3 is 2.38 bits per heavy atom. The maximum atomic E-state index is 12.2. The number of likely N-dealkylation sites (N-methyl/N-ethyl adjacent to an activating group) is 1. The van der Waals surface area contributed by atoms with Crippen molar-refractivity contribution in [1.29, 1.82) is 0 Å². The zero-order valence-electron chi connectivity index (χ0n) is 17.0. The normalized spacial score (nSPS) is 15.8. The van der Waals surface area contributed by atoms with E-state index >= 15 is 0 Å². The van der Waals surface area contributed by atoms with Gasteiger partial charge in [-0.25, -0.2) is 0 Å². The lowest BCUT2D eigenvalue weighted by Crippen LogP contribution is -2.39. The highest BCUT2D eigenvalue weighted by Crippen LogP contribution is 2.23. The van der Waals surface area contributed by atoms with Crippen molar-refractivity contribution in [1.82, 2.24) is 9.80 Å². The lowest BCUT2D eigenvalue weighted by molar-refractivity contribution is -0.133. The summed E-state index contributed by atoms with van der Waals surface area (Å²) in [5.41, 5.74) is 2.77. The molecule has 0 N–H and O–H groups in total. The number of benzene rings is 1. The summed E-state index contributed by atoms with van der Waals surface area (Å²) in [5, 5.41) is 0. The van der Waals surface area contributed by atoms with E-state index in [0.29, 0.717) is 24.2 Å². The number of hydrogen-bond donors (Lipinski definition) is 0. The van der Waals surface area contributed by atoms with Crippen molar-refractivity contribution in [3.63, 3.8) is 0 Å². The van der Waals surface area contributed by atoms with Gasteiger partial charge in [-0.2, -0.15) is 0 Å². The molecule has 0 aromatic heterocycles. The Hall–Kier alpha value is -1.39. The summed E-state index contributed by atoms with van der Waals surface area (Å²) in [6, 6.07) is 9.05. The average Bonchev–Trinajstić information content (AvgIpc) is 2.61. The molecule has 0 radical (unpaired) electrons. The van der Waals surface area contributed by atoms with E-state index in [1.807, 2.05) is 0 Å². The maximum absolute atomic E-state index is 12.2. The number of ether oxygens (including phenoxy) is 1. The van der Waals surface area contributed by atoms with Crippen LogP contribution in [0.5, 0.6) is 0 Å². The summed E-state index contributed by atoms with van der Waals surface area (Å²) in [6.07, 6.45) is 4.08. The molecule has 0 aliphatic carbocycles. The monoisotopic (exact) mass is 360 g/mol. The summed E-state index contributed by atoms with van der Waals surface area (Å²) in [6.45, 7) is 8.77. The van der Waals surface area contributed by atoms with Crippen molar-refractivity contribution >= 4 is 5.91 Å². The van der Waals surface area contributed by atoms with E-state index in [2.05, 4.69) is 55.0 Å². The molecule has 4 heteroatoms. The van der Waals surface area contributed by atoms with E-state index in [1.54, 1.807) is 7.11 Å². The number of likely N-dealkylation sites (tertiary alicyclic amines) is 1. The Bertz CT molecular complexity index is 534. The standard InChI is InChI=1S/C22H36N2O2/c1-18(2)15-22(25)24-11-9-20(10-12-24)16-19-5-7-21(8-6-19)17-23(3)13-14-26-4/h5-8,18,20H,9-17H2,1-4H3. The van der Waals surface area contributed by atoms with E-state index in [-0.39, 0.29) is 0 Å². The summed E-state index contributed by atoms with van der Waals surface area (Å²) in [5.74, 6) is 1.49. The van der Waals surface area contributed by atoms with Gasteiger partial charge in [0.1, 0.15) is 0 Å². The molecule has 4 nitrogen and oxygen atoms in total. The van der Waals surface area contributed by atoms with Crippen LogP contribution in [0.25, 0.3) is 0 Å². The number of amides is 1. The predicted octanol–water partition coefficient (Wildman–Crippen LogP) is 3.59. The number of rotatable bonds is 9. The molecule has 0 saturated carbocycles. The molecule has 26 heavy (non-hydrogen) atoms. The molecule has 1 saturated heterocycles. The number of nitrogens with zero attached hydrogens (tertiary/aromatic N) is 2. The van der Waals surface area contributed by atoms with Crippen molar-refractivity contribution in [3.8, 4) is 0 Å². The predicted molar refractivity (Wildman–Crippen MR) is 107 cm³/mol. The van der Waals surface area contributed by atoms with E-state index in [9.17, 15) is 4.79 Å². The first-order chi connectivity index (χ1) is 12.5. The molecule has 1 heterocycles. The van der Waals surface area contributed by atoms with Gasteiger partial charge in [-0.1, -0.05) is 38.1 Å². The highest BCUT2D eigenvalue weighted by molar-refractivity contribution is 5.76. The van der Waals surface area contributed by atoms with Crippen LogP contribution in [-0.2, 0) is 22.5 Å². The van der Waals surface area contributed by atoms with Crippen LogP contribution in [-0.4, -0.2) is 56.1 Å². The van der Waals surface area contributed by atoms with E-state index in [0.717, 1.165) is 52.0 Å². The van der Waals surface area contributed by atoms with Gasteiger partial charge in [0.15, 0.2) is 0 Å². The highest BCUT2D eigenvalue weighted by atomic mass is 16.5. The molecule has 2 rings (SSSR count). The van der Waals surface area contributed by atoms with Crippen molar-refractivity contribution < 1.29 is 9.53 Å². The number of piperidine rings is 1. The third-order valence-electron chi connectivity index (χ3n) is 5.23. The van der Waals surface area contributed by atoms with Crippen LogP contribution in [0.15, 0.2) is 24.3 Å². The molecule has 1 fully saturated rings. The van der Waals surface area contributed by atoms with Crippen LogP contribution < -0.4 is 0 Å². The highest BCUT2D eigenvalue weighted by Gasteiger charge is 2.23. The fraction of sp³-hybridized carbons (Fsp3) is 0.682. The van der Waals surface area contributed by atoms with Gasteiger partial charge in [0.2, 0.25) is 5.91 Å². The van der Waals surface area contributed by atoms with Gasteiger partial charge < -0.3 is 9.64 Å². The molecule has 1 amide bonds. The molecule has 146 valence electrons. The fourth-order valence-corrected chi connectivity index (χ4v) is 3.62. The van der Waals surface area contributed by atoms with Crippen LogP contribution in [0.3, 0.4) is 0 Å². The summed E-state index contributed by atoms with van der Waals surface area (Å²) < 4.78 is 5.13. The molecule has 1 aliphatic rings. The Balaban J connectivity index is 1.75. The first kappa shape index (κ1) is 20.9. The van der Waals surface area contributed by atoms with E-state index in [4.69, 9.17) is 4.74 Å². The van der Waals surface area contributed by atoms with Crippen molar-refractivity contribution in [2.45, 2.75) is 46.1 Å². The lowest BCUT2D eigenvalue weighted by Gasteiger charge is -2.32. The molecule has 1 aromatic rings. The minimum absolute atomic E-state index is 0.334. The zero-order valence-corrected chi connectivity index (χ0v) is 17.0. The quantitative estimate of drug-likeness (QED) is 0.675. The van der Waals surface area contributed by atoms with E-state index < -0.39 is 0 Å². The zero-order chi connectivity index (χ0) is 18.9. The number of carbonyl (C=O) groups is 1. The first-order valence-corrected chi connectivity index (χ1v) is 10.0. The summed E-state index contributed by atoms with van der Waals surface area (Å²) >= 11 is 0. The second-order valence-corrected chi connectivity index (χ2v) is 8.17. The van der Waals surface area contributed by atoms with Crippen molar-refractivity contribution in [2.24, 2.45) is 11.8 Å². The van der Waals surface area contributed by atoms with Crippen LogP contribution >= 0.6 is 0 Å². The second-order valence-electron chi connectivity index (χ2n) is 8.17. The van der Waals surface area contributed by atoms with Gasteiger partial charge in [0.05, 0.1) is 6.61 Å². The molecule has 0 unspecified atom stereocenters. The Kier molecular flexibility index (Phi) is 8.60.